The normalized spacial score (nSPS) is 11.8. The second-order valence-electron chi connectivity index (χ2n) is 4.92. The highest BCUT2D eigenvalue weighted by Crippen LogP contribution is 2.30. The molecule has 23 heavy (non-hydrogen) atoms. The van der Waals surface area contributed by atoms with E-state index in [9.17, 15) is 17.2 Å². The smallest absolute Gasteiger partial charge is 0.240 e. The Morgan fingerprint density at radius 2 is 1.91 bits per heavy atom. The average Bonchev–Trinajstić information content (AvgIpc) is 2.93. The average molecular weight is 354 g/mol. The largest absolute Gasteiger partial charge is 0.248 e. The van der Waals surface area contributed by atoms with Crippen LogP contribution in [0.1, 0.15) is 5.56 Å². The van der Waals surface area contributed by atoms with Crippen molar-refractivity contribution in [2.24, 2.45) is 0 Å². The summed E-state index contributed by atoms with van der Waals surface area (Å²) in [4.78, 5) is 4.27. The Morgan fingerprint density at radius 1 is 1.17 bits per heavy atom. The third-order valence-electron chi connectivity index (χ3n) is 3.32. The number of sulfonamides is 1. The van der Waals surface area contributed by atoms with Crippen molar-refractivity contribution in [3.8, 4) is 0 Å². The van der Waals surface area contributed by atoms with Crippen molar-refractivity contribution >= 4 is 36.7 Å². The maximum absolute atomic E-state index is 13.7. The number of hydrogen-bond acceptors (Lipinski definition) is 4. The summed E-state index contributed by atoms with van der Waals surface area (Å²) in [5.74, 6) is -2.19. The van der Waals surface area contributed by atoms with Crippen molar-refractivity contribution in [1.82, 2.24) is 4.98 Å². The molecule has 0 aliphatic carbocycles. The van der Waals surface area contributed by atoms with Crippen LogP contribution >= 0.6 is 11.3 Å². The summed E-state index contributed by atoms with van der Waals surface area (Å²) in [6.07, 6.45) is 0. The molecule has 3 aromatic rings. The molecule has 0 saturated heterocycles. The molecule has 0 aliphatic rings. The minimum Gasteiger partial charge on any atom is -0.248 e. The summed E-state index contributed by atoms with van der Waals surface area (Å²) < 4.78 is 53.4. The van der Waals surface area contributed by atoms with Crippen LogP contribution in [0.2, 0.25) is 0 Å². The summed E-state index contributed by atoms with van der Waals surface area (Å²) in [7, 11) is -2.46. The second-order valence-corrected chi connectivity index (χ2v) is 7.93. The first-order chi connectivity index (χ1) is 10.9. The molecular formula is C15H12F2N2O2S2. The van der Waals surface area contributed by atoms with E-state index in [4.69, 9.17) is 0 Å². The Morgan fingerprint density at radius 3 is 2.61 bits per heavy atom. The van der Waals surface area contributed by atoms with E-state index in [0.29, 0.717) is 16.7 Å². The zero-order valence-electron chi connectivity index (χ0n) is 12.0. The molecule has 1 aromatic heterocycles. The number of hydrogen-bond donors (Lipinski definition) is 0. The highest BCUT2D eigenvalue weighted by atomic mass is 32.2. The fourth-order valence-corrected chi connectivity index (χ4v) is 4.43. The fourth-order valence-electron chi connectivity index (χ4n) is 2.05. The molecule has 0 amide bonds. The number of aromatic nitrogens is 1. The molecule has 0 fully saturated rings. The van der Waals surface area contributed by atoms with Crippen LogP contribution in [0.15, 0.2) is 42.5 Å². The van der Waals surface area contributed by atoms with E-state index in [1.165, 1.54) is 18.4 Å². The molecule has 1 heterocycles. The van der Waals surface area contributed by atoms with E-state index >= 15 is 0 Å². The molecule has 120 valence electrons. The summed E-state index contributed by atoms with van der Waals surface area (Å²) in [6, 6.07) is 10.1. The van der Waals surface area contributed by atoms with E-state index in [0.717, 1.165) is 21.1 Å². The molecule has 0 spiro atoms. The molecule has 3 rings (SSSR count). The molecular weight excluding hydrogens is 342 g/mol. The number of thiazole rings is 1. The van der Waals surface area contributed by atoms with Crippen LogP contribution in [0.25, 0.3) is 10.2 Å². The molecule has 0 aliphatic heterocycles. The third kappa shape index (κ3) is 3.18. The van der Waals surface area contributed by atoms with Gasteiger partial charge in [0, 0.05) is 18.7 Å². The molecule has 4 nitrogen and oxygen atoms in total. The number of para-hydroxylation sites is 1. The standard InChI is InChI=1S/C15H12F2N2O2S2/c1-19(15-18-13-4-2-3-5-14(13)22-15)23(20,21)9-10-6-7-11(16)8-12(10)17/h2-8H,9H2,1H3. The van der Waals surface area contributed by atoms with Gasteiger partial charge in [-0.1, -0.05) is 29.5 Å². The van der Waals surface area contributed by atoms with Crippen LogP contribution in [-0.4, -0.2) is 20.4 Å². The number of fused-ring (bicyclic) bond motifs is 1. The van der Waals surface area contributed by atoms with Gasteiger partial charge in [0.15, 0.2) is 5.13 Å². The number of nitrogens with zero attached hydrogens (tertiary/aromatic N) is 2. The van der Waals surface area contributed by atoms with Gasteiger partial charge in [0.05, 0.1) is 16.0 Å². The van der Waals surface area contributed by atoms with Gasteiger partial charge in [-0.25, -0.2) is 26.5 Å². The first-order valence-electron chi connectivity index (χ1n) is 6.63. The van der Waals surface area contributed by atoms with Crippen molar-refractivity contribution in [1.29, 1.82) is 0 Å². The van der Waals surface area contributed by atoms with Gasteiger partial charge in [0.25, 0.3) is 0 Å². The Bertz CT molecular complexity index is 938. The Labute approximate surface area is 136 Å². The topological polar surface area (TPSA) is 50.3 Å². The predicted molar refractivity (Wildman–Crippen MR) is 87.0 cm³/mol. The zero-order valence-corrected chi connectivity index (χ0v) is 13.7. The van der Waals surface area contributed by atoms with Crippen LogP contribution in [0.5, 0.6) is 0 Å². The van der Waals surface area contributed by atoms with E-state index in [1.807, 2.05) is 18.2 Å². The summed E-state index contributed by atoms with van der Waals surface area (Å²) in [6.45, 7) is 0. The molecule has 0 radical (unpaired) electrons. The molecule has 0 saturated carbocycles. The van der Waals surface area contributed by atoms with Crippen molar-refractivity contribution < 1.29 is 17.2 Å². The maximum Gasteiger partial charge on any atom is 0.240 e. The number of rotatable bonds is 4. The van der Waals surface area contributed by atoms with Crippen molar-refractivity contribution in [3.63, 3.8) is 0 Å². The Balaban J connectivity index is 1.91. The molecule has 0 atom stereocenters. The summed E-state index contributed by atoms with van der Waals surface area (Å²) >= 11 is 1.23. The fraction of sp³-hybridized carbons (Fsp3) is 0.133. The lowest BCUT2D eigenvalue weighted by atomic mass is 10.2. The first-order valence-corrected chi connectivity index (χ1v) is 9.05. The van der Waals surface area contributed by atoms with E-state index < -0.39 is 27.4 Å². The quantitative estimate of drug-likeness (QED) is 0.720. The number of halogens is 2. The van der Waals surface area contributed by atoms with Crippen LogP contribution < -0.4 is 4.31 Å². The van der Waals surface area contributed by atoms with Crippen LogP contribution in [0.3, 0.4) is 0 Å². The van der Waals surface area contributed by atoms with Crippen molar-refractivity contribution in [2.45, 2.75) is 5.75 Å². The van der Waals surface area contributed by atoms with Crippen LogP contribution in [0, 0.1) is 11.6 Å². The van der Waals surface area contributed by atoms with Crippen molar-refractivity contribution in [2.75, 3.05) is 11.4 Å². The number of anilines is 1. The lowest BCUT2D eigenvalue weighted by Crippen LogP contribution is -2.28. The monoisotopic (exact) mass is 354 g/mol. The van der Waals surface area contributed by atoms with Gasteiger partial charge in [-0.05, 0) is 18.2 Å². The second kappa shape index (κ2) is 5.86. The van der Waals surface area contributed by atoms with Gasteiger partial charge in [-0.3, -0.25) is 0 Å². The van der Waals surface area contributed by atoms with Crippen LogP contribution in [0.4, 0.5) is 13.9 Å². The lowest BCUT2D eigenvalue weighted by Gasteiger charge is -2.16. The Kier molecular flexibility index (Phi) is 4.03. The highest BCUT2D eigenvalue weighted by Gasteiger charge is 2.23. The Hall–Kier alpha value is -2.06. The van der Waals surface area contributed by atoms with E-state index in [1.54, 1.807) is 6.07 Å². The van der Waals surface area contributed by atoms with Gasteiger partial charge in [-0.15, -0.1) is 0 Å². The molecule has 0 bridgehead atoms. The lowest BCUT2D eigenvalue weighted by molar-refractivity contribution is 0.569. The molecule has 0 unspecified atom stereocenters. The van der Waals surface area contributed by atoms with Gasteiger partial charge < -0.3 is 0 Å². The minimum atomic E-state index is -3.83. The first kappa shape index (κ1) is 15.8. The van der Waals surface area contributed by atoms with Gasteiger partial charge >= 0.3 is 0 Å². The van der Waals surface area contributed by atoms with Gasteiger partial charge in [0.1, 0.15) is 11.6 Å². The van der Waals surface area contributed by atoms with E-state index in [-0.39, 0.29) is 5.56 Å². The number of benzene rings is 2. The summed E-state index contributed by atoms with van der Waals surface area (Å²) in [5.41, 5.74) is 0.613. The van der Waals surface area contributed by atoms with Crippen molar-refractivity contribution in [3.05, 3.63) is 59.7 Å². The van der Waals surface area contributed by atoms with Crippen LogP contribution in [-0.2, 0) is 15.8 Å². The predicted octanol–water partition coefficient (Wildman–Crippen LogP) is 3.54. The van der Waals surface area contributed by atoms with E-state index in [2.05, 4.69) is 4.98 Å². The third-order valence-corrected chi connectivity index (χ3v) is 6.23. The molecule has 2 aromatic carbocycles. The van der Waals surface area contributed by atoms with Gasteiger partial charge in [-0.2, -0.15) is 0 Å². The maximum atomic E-state index is 13.7. The zero-order chi connectivity index (χ0) is 16.6. The summed E-state index contributed by atoms with van der Waals surface area (Å²) in [5, 5.41) is 0.300. The molecule has 8 heteroatoms. The highest BCUT2D eigenvalue weighted by molar-refractivity contribution is 7.92. The SMILES string of the molecule is CN(c1nc2ccccc2s1)S(=O)(=O)Cc1ccc(F)cc1F. The van der Waals surface area contributed by atoms with Gasteiger partial charge in [0.2, 0.25) is 10.0 Å². The minimum absolute atomic E-state index is 0.0839. The molecule has 0 N–H and O–H groups in total.